The van der Waals surface area contributed by atoms with Gasteiger partial charge in [0.1, 0.15) is 6.61 Å². The van der Waals surface area contributed by atoms with Gasteiger partial charge in [0.25, 0.3) is 0 Å². The van der Waals surface area contributed by atoms with Crippen LogP contribution < -0.4 is 5.73 Å². The quantitative estimate of drug-likeness (QED) is 0.479. The third-order valence-corrected chi connectivity index (χ3v) is 2.42. The van der Waals surface area contributed by atoms with E-state index in [1.807, 2.05) is 19.1 Å². The third-order valence-electron chi connectivity index (χ3n) is 2.42. The molecule has 0 aliphatic carbocycles. The molecular formula is C14H21NO3. The summed E-state index contributed by atoms with van der Waals surface area (Å²) in [5.74, 6) is 0.0893. The van der Waals surface area contributed by atoms with Crippen LogP contribution in [-0.2, 0) is 9.47 Å². The van der Waals surface area contributed by atoms with Crippen molar-refractivity contribution < 1.29 is 14.3 Å². The summed E-state index contributed by atoms with van der Waals surface area (Å²) in [7, 11) is 0. The van der Waals surface area contributed by atoms with E-state index in [1.54, 1.807) is 6.07 Å². The van der Waals surface area contributed by atoms with Crippen LogP contribution in [-0.4, -0.2) is 25.8 Å². The summed E-state index contributed by atoms with van der Waals surface area (Å²) in [5, 5.41) is 0. The molecule has 0 radical (unpaired) electrons. The number of hydrogen-bond acceptors (Lipinski definition) is 4. The van der Waals surface area contributed by atoms with E-state index in [9.17, 15) is 4.79 Å². The average molecular weight is 251 g/mol. The van der Waals surface area contributed by atoms with Crippen LogP contribution in [0.1, 0.15) is 29.8 Å². The zero-order chi connectivity index (χ0) is 13.5. The Morgan fingerprint density at radius 2 is 2.06 bits per heavy atom. The molecule has 0 atom stereocenters. The minimum absolute atomic E-state index is 0.249. The molecule has 1 rings (SSSR count). The summed E-state index contributed by atoms with van der Waals surface area (Å²) >= 11 is 0. The molecule has 4 heteroatoms. The van der Waals surface area contributed by atoms with Crippen LogP contribution in [0.2, 0.25) is 0 Å². The Morgan fingerprint density at radius 3 is 2.67 bits per heavy atom. The number of hydrogen-bond donors (Lipinski definition) is 1. The van der Waals surface area contributed by atoms with E-state index in [0.29, 0.717) is 30.4 Å². The van der Waals surface area contributed by atoms with Crippen molar-refractivity contribution in [1.82, 2.24) is 0 Å². The predicted molar refractivity (Wildman–Crippen MR) is 71.5 cm³/mol. The Hall–Kier alpha value is -1.55. The Kier molecular flexibility index (Phi) is 5.65. The van der Waals surface area contributed by atoms with Crippen LogP contribution in [0.15, 0.2) is 18.2 Å². The van der Waals surface area contributed by atoms with Gasteiger partial charge < -0.3 is 15.2 Å². The Morgan fingerprint density at radius 1 is 1.33 bits per heavy atom. The van der Waals surface area contributed by atoms with Crippen LogP contribution in [0.4, 0.5) is 5.69 Å². The predicted octanol–water partition coefficient (Wildman–Crippen LogP) is 2.41. The van der Waals surface area contributed by atoms with Gasteiger partial charge in [-0.25, -0.2) is 4.79 Å². The number of nitrogen functional groups attached to an aromatic ring is 1. The summed E-state index contributed by atoms with van der Waals surface area (Å²) in [6, 6.07) is 5.34. The van der Waals surface area contributed by atoms with Gasteiger partial charge in [0.2, 0.25) is 0 Å². The molecule has 4 nitrogen and oxygen atoms in total. The summed E-state index contributed by atoms with van der Waals surface area (Å²) in [4.78, 5) is 11.8. The van der Waals surface area contributed by atoms with Crippen molar-refractivity contribution in [2.75, 3.05) is 25.6 Å². The second kappa shape index (κ2) is 7.01. The van der Waals surface area contributed by atoms with Crippen LogP contribution >= 0.6 is 0 Å². The van der Waals surface area contributed by atoms with Crippen molar-refractivity contribution in [3.8, 4) is 0 Å². The van der Waals surface area contributed by atoms with Crippen LogP contribution in [0, 0.1) is 12.8 Å². The van der Waals surface area contributed by atoms with Gasteiger partial charge in [-0.3, -0.25) is 0 Å². The SMILES string of the molecule is Cc1cccc(N)c1C(=O)OCCOCC(C)C. The molecule has 0 fully saturated rings. The number of carbonyl (C=O) groups excluding carboxylic acids is 1. The van der Waals surface area contributed by atoms with Crippen molar-refractivity contribution in [2.24, 2.45) is 5.92 Å². The van der Waals surface area contributed by atoms with E-state index in [0.717, 1.165) is 5.56 Å². The topological polar surface area (TPSA) is 61.6 Å². The number of rotatable bonds is 6. The number of esters is 1. The van der Waals surface area contributed by atoms with E-state index < -0.39 is 5.97 Å². The molecule has 1 aromatic rings. The lowest BCUT2D eigenvalue weighted by atomic mass is 10.1. The van der Waals surface area contributed by atoms with Crippen LogP contribution in [0.25, 0.3) is 0 Å². The summed E-state index contributed by atoms with van der Waals surface area (Å²) in [6.45, 7) is 7.31. The molecule has 2 N–H and O–H groups in total. The fraction of sp³-hybridized carbons (Fsp3) is 0.500. The molecule has 0 bridgehead atoms. The minimum atomic E-state index is -0.390. The molecule has 0 saturated carbocycles. The lowest BCUT2D eigenvalue weighted by Crippen LogP contribution is -2.15. The first-order valence-electron chi connectivity index (χ1n) is 6.12. The molecule has 0 amide bonds. The van der Waals surface area contributed by atoms with Crippen molar-refractivity contribution in [3.63, 3.8) is 0 Å². The first-order chi connectivity index (χ1) is 8.52. The number of ether oxygens (including phenoxy) is 2. The molecule has 0 aromatic heterocycles. The Balaban J connectivity index is 2.41. The van der Waals surface area contributed by atoms with Gasteiger partial charge in [0.15, 0.2) is 0 Å². The van der Waals surface area contributed by atoms with Crippen molar-refractivity contribution >= 4 is 11.7 Å². The average Bonchev–Trinajstić information content (AvgIpc) is 2.27. The first-order valence-corrected chi connectivity index (χ1v) is 6.12. The summed E-state index contributed by atoms with van der Waals surface area (Å²) in [6.07, 6.45) is 0. The standard InChI is InChI=1S/C14H21NO3/c1-10(2)9-17-7-8-18-14(16)13-11(3)5-4-6-12(13)15/h4-6,10H,7-9,15H2,1-3H3. The number of nitrogens with two attached hydrogens (primary N) is 1. The molecule has 0 aliphatic heterocycles. The van der Waals surface area contributed by atoms with E-state index in [4.69, 9.17) is 15.2 Å². The highest BCUT2D eigenvalue weighted by Gasteiger charge is 2.13. The maximum absolute atomic E-state index is 11.8. The van der Waals surface area contributed by atoms with Crippen LogP contribution in [0.3, 0.4) is 0 Å². The third kappa shape index (κ3) is 4.37. The molecule has 0 spiro atoms. The van der Waals surface area contributed by atoms with Gasteiger partial charge in [-0.1, -0.05) is 26.0 Å². The molecule has 0 aliphatic rings. The Bertz CT molecular complexity index is 382. The highest BCUT2D eigenvalue weighted by Crippen LogP contribution is 2.17. The highest BCUT2D eigenvalue weighted by atomic mass is 16.6. The van der Waals surface area contributed by atoms with Gasteiger partial charge >= 0.3 is 5.97 Å². The number of benzene rings is 1. The molecule has 18 heavy (non-hydrogen) atoms. The lowest BCUT2D eigenvalue weighted by molar-refractivity contribution is 0.0278. The molecule has 0 saturated heterocycles. The van der Waals surface area contributed by atoms with E-state index >= 15 is 0 Å². The largest absolute Gasteiger partial charge is 0.460 e. The second-order valence-corrected chi connectivity index (χ2v) is 4.64. The normalized spacial score (nSPS) is 10.7. The van der Waals surface area contributed by atoms with Gasteiger partial charge in [-0.15, -0.1) is 0 Å². The van der Waals surface area contributed by atoms with Gasteiger partial charge in [-0.05, 0) is 24.5 Å². The van der Waals surface area contributed by atoms with Gasteiger partial charge in [0, 0.05) is 12.3 Å². The molecular weight excluding hydrogens is 230 g/mol. The monoisotopic (exact) mass is 251 g/mol. The fourth-order valence-electron chi connectivity index (χ4n) is 1.55. The fourth-order valence-corrected chi connectivity index (χ4v) is 1.55. The van der Waals surface area contributed by atoms with E-state index in [2.05, 4.69) is 13.8 Å². The summed E-state index contributed by atoms with van der Waals surface area (Å²) < 4.78 is 10.5. The van der Waals surface area contributed by atoms with E-state index in [-0.39, 0.29) is 6.61 Å². The highest BCUT2D eigenvalue weighted by molar-refractivity contribution is 5.96. The smallest absolute Gasteiger partial charge is 0.340 e. The molecule has 0 heterocycles. The van der Waals surface area contributed by atoms with E-state index in [1.165, 1.54) is 0 Å². The van der Waals surface area contributed by atoms with Gasteiger partial charge in [-0.2, -0.15) is 0 Å². The van der Waals surface area contributed by atoms with Crippen molar-refractivity contribution in [1.29, 1.82) is 0 Å². The first kappa shape index (κ1) is 14.5. The Labute approximate surface area is 108 Å². The maximum atomic E-state index is 11.8. The molecule has 100 valence electrons. The zero-order valence-electron chi connectivity index (χ0n) is 11.2. The van der Waals surface area contributed by atoms with Crippen molar-refractivity contribution in [3.05, 3.63) is 29.3 Å². The summed E-state index contributed by atoms with van der Waals surface area (Å²) in [5.41, 5.74) is 7.48. The minimum Gasteiger partial charge on any atom is -0.460 e. The zero-order valence-corrected chi connectivity index (χ0v) is 11.2. The second-order valence-electron chi connectivity index (χ2n) is 4.64. The number of aryl methyl sites for hydroxylation is 1. The maximum Gasteiger partial charge on any atom is 0.340 e. The van der Waals surface area contributed by atoms with Crippen molar-refractivity contribution in [2.45, 2.75) is 20.8 Å². The molecule has 1 aromatic carbocycles. The van der Waals surface area contributed by atoms with Crippen LogP contribution in [0.5, 0.6) is 0 Å². The van der Waals surface area contributed by atoms with Gasteiger partial charge in [0.05, 0.1) is 12.2 Å². The lowest BCUT2D eigenvalue weighted by Gasteiger charge is -2.10. The number of anilines is 1. The number of carbonyl (C=O) groups is 1. The molecule has 0 unspecified atom stereocenters.